The van der Waals surface area contributed by atoms with Crippen molar-refractivity contribution < 1.29 is 17.0 Å². The van der Waals surface area contributed by atoms with E-state index in [0.717, 1.165) is 0 Å². The van der Waals surface area contributed by atoms with Gasteiger partial charge in [-0.05, 0) is 43.8 Å². The molecule has 0 saturated heterocycles. The molecule has 0 heterocycles. The third kappa shape index (κ3) is 5.27. The van der Waals surface area contributed by atoms with Crippen LogP contribution in [0, 0.1) is 0 Å². The molecule has 0 fully saturated rings. The number of hydrogen-bond acceptors (Lipinski definition) is 4. The Morgan fingerprint density at radius 1 is 0.958 bits per heavy atom. The Labute approximate surface area is 145 Å². The van der Waals surface area contributed by atoms with Crippen LogP contribution in [0.4, 0.5) is 0 Å². The van der Waals surface area contributed by atoms with Gasteiger partial charge in [0, 0.05) is 6.61 Å². The minimum absolute atomic E-state index is 0.178. The van der Waals surface area contributed by atoms with Gasteiger partial charge >= 0.3 is 0 Å². The van der Waals surface area contributed by atoms with Crippen molar-refractivity contribution in [2.75, 3.05) is 6.61 Å². The van der Waals surface area contributed by atoms with Gasteiger partial charge in [-0.3, -0.25) is 4.18 Å². The molecule has 2 aromatic carbocycles. The normalized spacial score (nSPS) is 13.6. The lowest BCUT2D eigenvalue weighted by molar-refractivity contribution is 0.182. The predicted molar refractivity (Wildman–Crippen MR) is 98.3 cm³/mol. The van der Waals surface area contributed by atoms with Crippen molar-refractivity contribution >= 4 is 23.6 Å². The van der Waals surface area contributed by atoms with E-state index in [-0.39, 0.29) is 4.90 Å². The van der Waals surface area contributed by atoms with Gasteiger partial charge in [0.2, 0.25) is 8.32 Å². The van der Waals surface area contributed by atoms with Crippen LogP contribution in [0.5, 0.6) is 0 Å². The number of rotatable bonds is 8. The highest BCUT2D eigenvalue weighted by molar-refractivity contribution is 7.86. The van der Waals surface area contributed by atoms with Crippen molar-refractivity contribution in [2.45, 2.75) is 37.4 Å². The summed E-state index contributed by atoms with van der Waals surface area (Å²) in [4.78, 5) is 0.178. The molecule has 4 nitrogen and oxygen atoms in total. The summed E-state index contributed by atoms with van der Waals surface area (Å²) in [7, 11) is -5.70. The van der Waals surface area contributed by atoms with Crippen LogP contribution in [0.25, 0.3) is 0 Å². The average Bonchev–Trinajstić information content (AvgIpc) is 2.56. The molecule has 0 amide bonds. The summed E-state index contributed by atoms with van der Waals surface area (Å²) in [6.07, 6.45) is 0.0887. The van der Waals surface area contributed by atoms with Crippen molar-refractivity contribution in [3.05, 3.63) is 60.7 Å². The predicted octanol–water partition coefficient (Wildman–Crippen LogP) is 3.30. The number of hydrogen-bond donors (Lipinski definition) is 0. The highest BCUT2D eigenvalue weighted by Gasteiger charge is 2.25. The van der Waals surface area contributed by atoms with Crippen LogP contribution in [0.2, 0.25) is 13.1 Å². The molecule has 0 bridgehead atoms. The zero-order chi connectivity index (χ0) is 17.6. The molecule has 2 rings (SSSR count). The van der Waals surface area contributed by atoms with Crippen LogP contribution in [-0.4, -0.2) is 29.4 Å². The quantitative estimate of drug-likeness (QED) is 0.533. The fourth-order valence-corrected chi connectivity index (χ4v) is 5.23. The second-order valence-electron chi connectivity index (χ2n) is 6.19. The van der Waals surface area contributed by atoms with Crippen LogP contribution >= 0.6 is 0 Å². The summed E-state index contributed by atoms with van der Waals surface area (Å²) in [6, 6.07) is 18.3. The van der Waals surface area contributed by atoms with Gasteiger partial charge in [0.1, 0.15) is 0 Å². The molecule has 0 N–H and O–H groups in total. The third-order valence-corrected chi connectivity index (χ3v) is 7.86. The fraction of sp³-hybridized carbons (Fsp3) is 0.333. The molecule has 6 heteroatoms. The minimum atomic E-state index is -3.72. The Bertz CT molecular complexity index is 730. The summed E-state index contributed by atoms with van der Waals surface area (Å²) in [5, 5.41) is 1.22. The maximum absolute atomic E-state index is 12.2. The fourth-order valence-electron chi connectivity index (χ4n) is 2.31. The van der Waals surface area contributed by atoms with Crippen molar-refractivity contribution in [3.8, 4) is 0 Å². The molecule has 0 saturated carbocycles. The van der Waals surface area contributed by atoms with E-state index in [9.17, 15) is 8.42 Å². The van der Waals surface area contributed by atoms with Gasteiger partial charge in [-0.25, -0.2) is 0 Å². The maximum atomic E-state index is 12.2. The molecule has 0 radical (unpaired) electrons. The van der Waals surface area contributed by atoms with E-state index in [1.807, 2.05) is 18.2 Å². The van der Waals surface area contributed by atoms with E-state index in [2.05, 4.69) is 25.2 Å². The summed E-state index contributed by atoms with van der Waals surface area (Å²) in [6.45, 7) is 6.49. The molecule has 1 atom stereocenters. The van der Waals surface area contributed by atoms with Gasteiger partial charge in [-0.1, -0.05) is 48.5 Å². The smallest absolute Gasteiger partial charge is 0.297 e. The summed E-state index contributed by atoms with van der Waals surface area (Å²) < 4.78 is 35.7. The van der Waals surface area contributed by atoms with Crippen LogP contribution in [-0.2, 0) is 18.7 Å². The lowest BCUT2D eigenvalue weighted by Gasteiger charge is -2.24. The molecule has 2 aromatic rings. The lowest BCUT2D eigenvalue weighted by atomic mass is 10.3. The van der Waals surface area contributed by atoms with E-state index in [4.69, 9.17) is 8.61 Å². The molecule has 130 valence electrons. The van der Waals surface area contributed by atoms with Gasteiger partial charge in [0.05, 0.1) is 11.0 Å². The van der Waals surface area contributed by atoms with Crippen molar-refractivity contribution in [1.29, 1.82) is 0 Å². The van der Waals surface area contributed by atoms with E-state index in [1.165, 1.54) is 17.3 Å². The Morgan fingerprint density at radius 3 is 2.08 bits per heavy atom. The molecular weight excluding hydrogens is 340 g/mol. The molecule has 0 aliphatic rings. The van der Waals surface area contributed by atoms with Gasteiger partial charge in [-0.2, -0.15) is 8.42 Å². The van der Waals surface area contributed by atoms with Gasteiger partial charge in [0.25, 0.3) is 10.1 Å². The lowest BCUT2D eigenvalue weighted by Crippen LogP contribution is -2.45. The molecule has 0 spiro atoms. The van der Waals surface area contributed by atoms with Crippen molar-refractivity contribution in [1.82, 2.24) is 0 Å². The summed E-state index contributed by atoms with van der Waals surface area (Å²) in [5.74, 6) is 0. The van der Waals surface area contributed by atoms with E-state index in [0.29, 0.717) is 13.0 Å². The number of benzene rings is 2. The van der Waals surface area contributed by atoms with E-state index < -0.39 is 24.5 Å². The molecule has 0 aliphatic heterocycles. The first-order valence-corrected chi connectivity index (χ1v) is 12.3. The third-order valence-electron chi connectivity index (χ3n) is 3.78. The zero-order valence-corrected chi connectivity index (χ0v) is 16.1. The first-order valence-electron chi connectivity index (χ1n) is 7.99. The zero-order valence-electron chi connectivity index (χ0n) is 14.3. The van der Waals surface area contributed by atoms with Gasteiger partial charge < -0.3 is 4.43 Å². The van der Waals surface area contributed by atoms with E-state index in [1.54, 1.807) is 25.1 Å². The Morgan fingerprint density at radius 2 is 1.50 bits per heavy atom. The first kappa shape index (κ1) is 18.9. The maximum Gasteiger partial charge on any atom is 0.297 e. The van der Waals surface area contributed by atoms with Gasteiger partial charge in [0.15, 0.2) is 0 Å². The van der Waals surface area contributed by atoms with Crippen LogP contribution in [0.3, 0.4) is 0 Å². The summed E-state index contributed by atoms with van der Waals surface area (Å²) >= 11 is 0. The molecule has 0 aliphatic carbocycles. The van der Waals surface area contributed by atoms with Crippen LogP contribution in [0.15, 0.2) is 65.6 Å². The SMILES string of the molecule is CC(CCO[Si](C)(C)c1ccccc1)OS(=O)(=O)c1ccccc1. The van der Waals surface area contributed by atoms with E-state index >= 15 is 0 Å². The Kier molecular flexibility index (Phi) is 6.34. The second-order valence-corrected chi connectivity index (χ2v) is 11.6. The van der Waals surface area contributed by atoms with Crippen molar-refractivity contribution in [2.24, 2.45) is 0 Å². The molecule has 0 aromatic heterocycles. The topological polar surface area (TPSA) is 52.6 Å². The molecular formula is C18H24O4SSi. The molecule has 1 unspecified atom stereocenters. The molecule has 24 heavy (non-hydrogen) atoms. The average molecular weight is 365 g/mol. The second kappa shape index (κ2) is 8.07. The van der Waals surface area contributed by atoms with Crippen LogP contribution in [0.1, 0.15) is 13.3 Å². The largest absolute Gasteiger partial charge is 0.413 e. The standard InChI is InChI=1S/C18H24O4SSi/c1-16(22-23(19,20)17-10-6-4-7-11-17)14-15-21-24(2,3)18-12-8-5-9-13-18/h4-13,16H,14-15H2,1-3H3. The summed E-state index contributed by atoms with van der Waals surface area (Å²) in [5.41, 5.74) is 0. The van der Waals surface area contributed by atoms with Gasteiger partial charge in [-0.15, -0.1) is 0 Å². The Balaban J connectivity index is 1.86. The monoisotopic (exact) mass is 364 g/mol. The first-order chi connectivity index (χ1) is 11.3. The highest BCUT2D eigenvalue weighted by atomic mass is 32.2. The van der Waals surface area contributed by atoms with Crippen molar-refractivity contribution in [3.63, 3.8) is 0 Å². The minimum Gasteiger partial charge on any atom is -0.413 e. The Hall–Kier alpha value is -1.47. The highest BCUT2D eigenvalue weighted by Crippen LogP contribution is 2.15. The van der Waals surface area contributed by atoms with Crippen LogP contribution < -0.4 is 5.19 Å².